The Morgan fingerprint density at radius 1 is 0.886 bits per heavy atom. The molecule has 0 aliphatic heterocycles. The number of nitrogens with two attached hydrogens (primary N) is 3. The summed E-state index contributed by atoms with van der Waals surface area (Å²) in [6.07, 6.45) is -3.41. The van der Waals surface area contributed by atoms with Gasteiger partial charge in [-0.3, -0.25) is 14.4 Å². The van der Waals surface area contributed by atoms with Crippen LogP contribution in [-0.2, 0) is 27.0 Å². The zero-order valence-corrected chi connectivity index (χ0v) is 26.2. The van der Waals surface area contributed by atoms with E-state index in [2.05, 4.69) is 15.6 Å². The maximum atomic E-state index is 13.3. The Bertz CT molecular complexity index is 1330. The average molecular weight is 702 g/mol. The van der Waals surface area contributed by atoms with Crippen LogP contribution < -0.4 is 82.4 Å². The molecule has 1 heterocycles. The number of anilines is 1. The Balaban J connectivity index is 0. The van der Waals surface area contributed by atoms with Crippen LogP contribution >= 0.6 is 0 Å². The van der Waals surface area contributed by atoms with Crippen molar-refractivity contribution in [3.8, 4) is 0 Å². The summed E-state index contributed by atoms with van der Waals surface area (Å²) in [4.78, 5) is 43.3. The molecule has 0 spiro atoms. The van der Waals surface area contributed by atoms with Crippen LogP contribution in [0.3, 0.4) is 0 Å². The minimum atomic E-state index is -4.52. The Labute approximate surface area is 277 Å². The van der Waals surface area contributed by atoms with Crippen molar-refractivity contribution in [2.75, 3.05) is 31.5 Å². The quantitative estimate of drug-likeness (QED) is 0.126. The van der Waals surface area contributed by atoms with Crippen LogP contribution in [0.4, 0.5) is 18.9 Å². The van der Waals surface area contributed by atoms with Gasteiger partial charge in [-0.15, -0.1) is 0 Å². The van der Waals surface area contributed by atoms with Gasteiger partial charge in [0, 0.05) is 44.1 Å². The van der Waals surface area contributed by atoms with Crippen LogP contribution in [0.25, 0.3) is 10.9 Å². The van der Waals surface area contributed by atoms with Gasteiger partial charge < -0.3 is 82.4 Å². The van der Waals surface area contributed by atoms with Gasteiger partial charge in [-0.25, -0.2) is 4.98 Å². The van der Waals surface area contributed by atoms with Crippen molar-refractivity contribution < 1.29 is 82.2 Å². The molecule has 0 saturated carbocycles. The Hall–Kier alpha value is -2.91. The van der Waals surface area contributed by atoms with Crippen molar-refractivity contribution in [1.82, 2.24) is 10.2 Å². The smallest absolute Gasteiger partial charge is 0.416 e. The first-order chi connectivity index (χ1) is 19.0. The molecule has 3 amide bonds. The number of alkyl halides is 3. The number of amides is 3. The molecule has 2 aromatic carbocycles. The number of aromatic amines is 1. The van der Waals surface area contributed by atoms with Gasteiger partial charge in [0.25, 0.3) is 0 Å². The summed E-state index contributed by atoms with van der Waals surface area (Å²) in [5.74, 6) is -1.82. The Morgan fingerprint density at radius 3 is 2.05 bits per heavy atom. The molecule has 2 atom stereocenters. The lowest BCUT2D eigenvalue weighted by Crippen LogP contribution is -3.00. The summed E-state index contributed by atoms with van der Waals surface area (Å²) in [6, 6.07) is 10.9. The molecule has 246 valence electrons. The third-order valence-corrected chi connectivity index (χ3v) is 6.16. The van der Waals surface area contributed by atoms with E-state index in [9.17, 15) is 27.6 Å². The number of fused-ring (bicyclic) bond motifs is 1. The van der Waals surface area contributed by atoms with Crippen LogP contribution in [0.15, 0.2) is 60.8 Å². The van der Waals surface area contributed by atoms with E-state index in [0.29, 0.717) is 11.3 Å². The van der Waals surface area contributed by atoms with Crippen molar-refractivity contribution in [2.24, 2.45) is 17.2 Å². The van der Waals surface area contributed by atoms with E-state index in [1.165, 1.54) is 17.0 Å². The molecule has 0 aliphatic carbocycles. The molecule has 3 rings (SSSR count). The molecule has 0 aliphatic rings. The summed E-state index contributed by atoms with van der Waals surface area (Å²) in [5, 5.41) is 6.09. The Kier molecular flexibility index (Phi) is 19.8. The van der Waals surface area contributed by atoms with E-state index in [1.54, 1.807) is 12.3 Å². The highest BCUT2D eigenvalue weighted by atomic mass is 35.5. The zero-order chi connectivity index (χ0) is 29.3. The van der Waals surface area contributed by atoms with Crippen molar-refractivity contribution in [2.45, 2.75) is 31.1 Å². The van der Waals surface area contributed by atoms with Crippen LogP contribution in [-0.4, -0.2) is 60.9 Å². The highest BCUT2D eigenvalue weighted by Crippen LogP contribution is 2.29. The molecular formula is C27H33Cl4F3N7O3-3. The zero-order valence-electron chi connectivity index (χ0n) is 23.2. The van der Waals surface area contributed by atoms with E-state index in [1.807, 2.05) is 24.3 Å². The van der Waals surface area contributed by atoms with E-state index in [0.717, 1.165) is 23.0 Å². The standard InChI is InChI=1S/C27H32F3N7O3.4ClH/c28-27(29,30)19-7-5-17(6-8-19)13-23(26(40)35-20-14-18-3-1-2-4-22(18)34-16-20)36-25(39)21(33)15-24(38)37(11-9-31)12-10-32;;;;/h1-8,14,16,21,23H,9-13,15,31-33H2,(H,35,40)(H,36,39);4*1H/p-3/t21-,23-;;;;/m1..../s1. The maximum Gasteiger partial charge on any atom is 0.416 e. The van der Waals surface area contributed by atoms with Crippen molar-refractivity contribution in [3.05, 3.63) is 71.9 Å². The molecule has 9 N–H and O–H groups in total. The molecule has 17 heteroatoms. The normalized spacial score (nSPS) is 11.8. The van der Waals surface area contributed by atoms with Gasteiger partial charge >= 0.3 is 6.18 Å². The minimum Gasteiger partial charge on any atom is -1.00 e. The second-order valence-electron chi connectivity index (χ2n) is 9.19. The number of carbonyl (C=O) groups is 3. The second kappa shape index (κ2) is 20.2. The number of hydrogen-bond donors (Lipinski definition) is 5. The highest BCUT2D eigenvalue weighted by molar-refractivity contribution is 5.99. The number of para-hydroxylation sites is 1. The predicted molar refractivity (Wildman–Crippen MR) is 143 cm³/mol. The SMILES string of the molecule is NCCN(CCN)C(=O)C[C@@H](N)C(=O)N[C@H](Cc1ccc(C(F)(F)F)cc1)C(=O)Nc1c[nH+]c2ccccc2c1.[Cl-].[Cl-].[Cl-].[Cl-]. The lowest BCUT2D eigenvalue weighted by atomic mass is 10.0. The number of halogens is 7. The molecule has 0 fully saturated rings. The van der Waals surface area contributed by atoms with Crippen LogP contribution in [0, 0.1) is 0 Å². The highest BCUT2D eigenvalue weighted by Gasteiger charge is 2.31. The lowest BCUT2D eigenvalue weighted by molar-refractivity contribution is -0.343. The van der Waals surface area contributed by atoms with Gasteiger partial charge in [0.1, 0.15) is 11.7 Å². The number of nitrogens with one attached hydrogen (secondary N) is 3. The van der Waals surface area contributed by atoms with Gasteiger partial charge in [0.2, 0.25) is 23.2 Å². The van der Waals surface area contributed by atoms with Crippen molar-refractivity contribution in [3.63, 3.8) is 0 Å². The van der Waals surface area contributed by atoms with Gasteiger partial charge in [0.05, 0.1) is 18.0 Å². The number of hydrogen-bond acceptors (Lipinski definition) is 6. The Morgan fingerprint density at radius 2 is 1.48 bits per heavy atom. The van der Waals surface area contributed by atoms with E-state index in [4.69, 9.17) is 17.2 Å². The van der Waals surface area contributed by atoms with Crippen LogP contribution in [0.5, 0.6) is 0 Å². The molecule has 0 unspecified atom stereocenters. The van der Waals surface area contributed by atoms with E-state index in [-0.39, 0.29) is 88.6 Å². The summed E-state index contributed by atoms with van der Waals surface area (Å²) >= 11 is 0. The van der Waals surface area contributed by atoms with E-state index >= 15 is 0 Å². The topological polar surface area (TPSA) is 171 Å². The largest absolute Gasteiger partial charge is 1.00 e. The van der Waals surface area contributed by atoms with Gasteiger partial charge in [-0.1, -0.05) is 24.3 Å². The van der Waals surface area contributed by atoms with Crippen LogP contribution in [0.2, 0.25) is 0 Å². The fraction of sp³-hybridized carbons (Fsp3) is 0.333. The monoisotopic (exact) mass is 700 g/mol. The van der Waals surface area contributed by atoms with Gasteiger partial charge in [-0.2, -0.15) is 13.2 Å². The van der Waals surface area contributed by atoms with E-state index < -0.39 is 41.5 Å². The van der Waals surface area contributed by atoms with Crippen molar-refractivity contribution >= 4 is 34.3 Å². The lowest BCUT2D eigenvalue weighted by Gasteiger charge is -2.24. The predicted octanol–water partition coefficient (Wildman–Crippen LogP) is -11.2. The van der Waals surface area contributed by atoms with Gasteiger partial charge in [0.15, 0.2) is 6.20 Å². The molecular weight excluding hydrogens is 669 g/mol. The number of pyridine rings is 1. The third kappa shape index (κ3) is 12.6. The first kappa shape index (κ1) is 43.2. The number of carbonyl (C=O) groups excluding carboxylic acids is 3. The summed E-state index contributed by atoms with van der Waals surface area (Å²) in [7, 11) is 0. The molecule has 0 saturated heterocycles. The third-order valence-electron chi connectivity index (χ3n) is 6.16. The summed E-state index contributed by atoms with van der Waals surface area (Å²) in [5.41, 5.74) is 17.8. The summed E-state index contributed by atoms with van der Waals surface area (Å²) in [6.45, 7) is 0.891. The fourth-order valence-corrected chi connectivity index (χ4v) is 4.06. The maximum absolute atomic E-state index is 13.3. The first-order valence-electron chi connectivity index (χ1n) is 12.6. The van der Waals surface area contributed by atoms with Crippen molar-refractivity contribution in [1.29, 1.82) is 0 Å². The molecule has 0 bridgehead atoms. The second-order valence-corrected chi connectivity index (χ2v) is 9.19. The molecule has 44 heavy (non-hydrogen) atoms. The number of nitrogens with zero attached hydrogens (tertiary/aromatic N) is 1. The van der Waals surface area contributed by atoms with Crippen LogP contribution in [0.1, 0.15) is 17.5 Å². The van der Waals surface area contributed by atoms with Gasteiger partial charge in [-0.05, 0) is 29.8 Å². The summed E-state index contributed by atoms with van der Waals surface area (Å²) < 4.78 is 39.0. The number of aromatic nitrogens is 1. The minimum absolute atomic E-state index is 0. The molecule has 0 radical (unpaired) electrons. The average Bonchev–Trinajstić information content (AvgIpc) is 2.92. The first-order valence-corrected chi connectivity index (χ1v) is 12.6. The molecule has 3 aromatic rings. The number of H-pyrrole nitrogens is 1. The molecule has 1 aromatic heterocycles. The number of benzene rings is 2. The number of rotatable bonds is 12. The fourth-order valence-electron chi connectivity index (χ4n) is 4.06. The molecule has 10 nitrogen and oxygen atoms in total.